The van der Waals surface area contributed by atoms with Crippen molar-refractivity contribution in [3.63, 3.8) is 0 Å². The zero-order chi connectivity index (χ0) is 16.4. The molecule has 0 fully saturated rings. The Morgan fingerprint density at radius 3 is 2.74 bits per heavy atom. The first-order chi connectivity index (χ1) is 11.0. The third-order valence-electron chi connectivity index (χ3n) is 3.65. The summed E-state index contributed by atoms with van der Waals surface area (Å²) in [6.07, 6.45) is 4.57. The number of fused-ring (bicyclic) bond motifs is 1. The van der Waals surface area contributed by atoms with Crippen molar-refractivity contribution in [1.29, 1.82) is 0 Å². The normalized spacial score (nSPS) is 15.4. The molecule has 0 saturated carbocycles. The van der Waals surface area contributed by atoms with Crippen molar-refractivity contribution < 1.29 is 18.3 Å². The summed E-state index contributed by atoms with van der Waals surface area (Å²) in [4.78, 5) is 5.88. The number of sulfone groups is 1. The molecule has 0 aliphatic carbocycles. The van der Waals surface area contributed by atoms with Crippen LogP contribution in [-0.4, -0.2) is 37.0 Å². The number of nitrogens with zero attached hydrogens (tertiary/aromatic N) is 2. The van der Waals surface area contributed by atoms with Gasteiger partial charge in [-0.3, -0.25) is 4.98 Å². The molecule has 0 saturated heterocycles. The molecule has 1 unspecified atom stereocenters. The minimum atomic E-state index is -3.70. The number of anilines is 1. The number of ether oxygens (including phenoxy) is 1. The van der Waals surface area contributed by atoms with Gasteiger partial charge < -0.3 is 14.7 Å². The van der Waals surface area contributed by atoms with Gasteiger partial charge in [-0.25, -0.2) is 8.42 Å². The second kappa shape index (κ2) is 5.92. The van der Waals surface area contributed by atoms with Crippen molar-refractivity contribution in [3.05, 3.63) is 55.4 Å². The monoisotopic (exact) mass is 332 g/mol. The van der Waals surface area contributed by atoms with E-state index in [1.54, 1.807) is 23.4 Å². The lowest BCUT2D eigenvalue weighted by Crippen LogP contribution is -2.44. The average Bonchev–Trinajstić information content (AvgIpc) is 2.56. The smallest absolute Gasteiger partial charge is 0.203 e. The molecule has 2 heterocycles. The fourth-order valence-electron chi connectivity index (χ4n) is 2.55. The fraction of sp³-hybridized carbons (Fsp3) is 0.188. The summed E-state index contributed by atoms with van der Waals surface area (Å²) in [5.41, 5.74) is 0.617. The van der Waals surface area contributed by atoms with Gasteiger partial charge in [0.2, 0.25) is 9.84 Å². The summed E-state index contributed by atoms with van der Waals surface area (Å²) >= 11 is 0. The summed E-state index contributed by atoms with van der Waals surface area (Å²) < 4.78 is 31.4. The Hall–Kier alpha value is -2.54. The maximum Gasteiger partial charge on any atom is 0.203 e. The Kier molecular flexibility index (Phi) is 3.96. The van der Waals surface area contributed by atoms with Gasteiger partial charge in [0.05, 0.1) is 23.3 Å². The standard InChI is InChI=1S/C16H16N2O4S/c1-2-16(23(20,21)13-5-3-12(19)4-6-13)18-9-10-22-15-7-8-17-11-14(15)18/h2-8,11,16,19H,1,9-10H2. The van der Waals surface area contributed by atoms with E-state index in [0.717, 1.165) is 0 Å². The summed E-state index contributed by atoms with van der Waals surface area (Å²) in [7, 11) is -3.70. The summed E-state index contributed by atoms with van der Waals surface area (Å²) in [5, 5.41) is 8.40. The number of rotatable bonds is 4. The molecular formula is C16H16N2O4S. The van der Waals surface area contributed by atoms with Crippen LogP contribution in [0.4, 0.5) is 5.69 Å². The van der Waals surface area contributed by atoms with Gasteiger partial charge in [-0.2, -0.15) is 0 Å². The highest BCUT2D eigenvalue weighted by Gasteiger charge is 2.33. The predicted octanol–water partition coefficient (Wildman–Crippen LogP) is 1.97. The molecule has 1 aliphatic heterocycles. The number of phenolic OH excluding ortho intramolecular Hbond substituents is 1. The Labute approximate surface area is 134 Å². The highest BCUT2D eigenvalue weighted by atomic mass is 32.2. The maximum absolute atomic E-state index is 12.9. The van der Waals surface area contributed by atoms with Crippen LogP contribution in [0.3, 0.4) is 0 Å². The molecule has 1 aliphatic rings. The molecule has 1 aromatic carbocycles. The van der Waals surface area contributed by atoms with Crippen LogP contribution in [0.1, 0.15) is 0 Å². The maximum atomic E-state index is 12.9. The van der Waals surface area contributed by atoms with E-state index in [1.807, 2.05) is 0 Å². The van der Waals surface area contributed by atoms with Crippen LogP contribution < -0.4 is 9.64 Å². The molecule has 2 aromatic rings. The SMILES string of the molecule is C=CC(N1CCOc2ccncc21)S(=O)(=O)c1ccc(O)cc1. The number of pyridine rings is 1. The molecule has 0 amide bonds. The Morgan fingerprint density at radius 2 is 2.04 bits per heavy atom. The minimum Gasteiger partial charge on any atom is -0.508 e. The van der Waals surface area contributed by atoms with Crippen molar-refractivity contribution in [3.8, 4) is 11.5 Å². The lowest BCUT2D eigenvalue weighted by atomic mass is 10.3. The van der Waals surface area contributed by atoms with Crippen molar-refractivity contribution in [1.82, 2.24) is 4.98 Å². The lowest BCUT2D eigenvalue weighted by Gasteiger charge is -2.35. The zero-order valence-corrected chi connectivity index (χ0v) is 13.1. The van der Waals surface area contributed by atoms with E-state index in [0.29, 0.717) is 24.6 Å². The first kappa shape index (κ1) is 15.4. The molecule has 6 nitrogen and oxygen atoms in total. The van der Waals surface area contributed by atoms with Crippen LogP contribution in [0.15, 0.2) is 60.3 Å². The number of hydrogen-bond acceptors (Lipinski definition) is 6. The van der Waals surface area contributed by atoms with Crippen molar-refractivity contribution in [2.45, 2.75) is 10.3 Å². The molecule has 0 spiro atoms. The van der Waals surface area contributed by atoms with Gasteiger partial charge in [-0.05, 0) is 24.3 Å². The van der Waals surface area contributed by atoms with Gasteiger partial charge >= 0.3 is 0 Å². The molecule has 0 radical (unpaired) electrons. The molecule has 120 valence electrons. The molecule has 3 rings (SSSR count). The van der Waals surface area contributed by atoms with E-state index < -0.39 is 15.2 Å². The van der Waals surface area contributed by atoms with Crippen LogP contribution in [-0.2, 0) is 9.84 Å². The van der Waals surface area contributed by atoms with E-state index in [2.05, 4.69) is 11.6 Å². The number of aromatic hydroxyl groups is 1. The van der Waals surface area contributed by atoms with E-state index in [-0.39, 0.29) is 10.6 Å². The van der Waals surface area contributed by atoms with Gasteiger partial charge in [-0.1, -0.05) is 12.7 Å². The second-order valence-electron chi connectivity index (χ2n) is 5.05. The van der Waals surface area contributed by atoms with Crippen LogP contribution in [0.5, 0.6) is 11.5 Å². The summed E-state index contributed by atoms with van der Waals surface area (Å²) in [5.74, 6) is 0.610. The van der Waals surface area contributed by atoms with Crippen LogP contribution >= 0.6 is 0 Å². The van der Waals surface area contributed by atoms with Gasteiger partial charge in [-0.15, -0.1) is 0 Å². The zero-order valence-electron chi connectivity index (χ0n) is 12.3. The molecular weight excluding hydrogens is 316 g/mol. The van der Waals surface area contributed by atoms with Crippen molar-refractivity contribution >= 4 is 15.5 Å². The van der Waals surface area contributed by atoms with E-state index in [1.165, 1.54) is 30.3 Å². The minimum absolute atomic E-state index is 0.0139. The molecule has 1 N–H and O–H groups in total. The fourth-order valence-corrected chi connectivity index (χ4v) is 4.15. The van der Waals surface area contributed by atoms with Crippen molar-refractivity contribution in [2.24, 2.45) is 0 Å². The Balaban J connectivity index is 2.03. The van der Waals surface area contributed by atoms with Crippen LogP contribution in [0.25, 0.3) is 0 Å². The van der Waals surface area contributed by atoms with Gasteiger partial charge in [0.1, 0.15) is 18.1 Å². The van der Waals surface area contributed by atoms with Crippen LogP contribution in [0, 0.1) is 0 Å². The van der Waals surface area contributed by atoms with Gasteiger partial charge in [0.25, 0.3) is 0 Å². The summed E-state index contributed by atoms with van der Waals surface area (Å²) in [6, 6.07) is 7.16. The number of aromatic nitrogens is 1. The first-order valence-corrected chi connectivity index (χ1v) is 8.57. The van der Waals surface area contributed by atoms with Gasteiger partial charge in [0, 0.05) is 12.3 Å². The summed E-state index contributed by atoms with van der Waals surface area (Å²) in [6.45, 7) is 4.48. The molecule has 0 bridgehead atoms. The van der Waals surface area contributed by atoms with E-state index >= 15 is 0 Å². The number of hydrogen-bond donors (Lipinski definition) is 1. The quantitative estimate of drug-likeness (QED) is 0.862. The highest BCUT2D eigenvalue weighted by Crippen LogP contribution is 2.34. The third-order valence-corrected chi connectivity index (χ3v) is 5.66. The van der Waals surface area contributed by atoms with E-state index in [9.17, 15) is 13.5 Å². The molecule has 7 heteroatoms. The first-order valence-electron chi connectivity index (χ1n) is 7.03. The van der Waals surface area contributed by atoms with Crippen molar-refractivity contribution in [2.75, 3.05) is 18.1 Å². The topological polar surface area (TPSA) is 79.7 Å². The highest BCUT2D eigenvalue weighted by molar-refractivity contribution is 7.92. The second-order valence-corrected chi connectivity index (χ2v) is 7.09. The Morgan fingerprint density at radius 1 is 1.30 bits per heavy atom. The average molecular weight is 332 g/mol. The lowest BCUT2D eigenvalue weighted by molar-refractivity contribution is 0.307. The largest absolute Gasteiger partial charge is 0.508 e. The number of benzene rings is 1. The number of phenols is 1. The predicted molar refractivity (Wildman–Crippen MR) is 86.4 cm³/mol. The molecule has 23 heavy (non-hydrogen) atoms. The van der Waals surface area contributed by atoms with E-state index in [4.69, 9.17) is 4.74 Å². The molecule has 1 aromatic heterocycles. The third kappa shape index (κ3) is 2.75. The molecule has 1 atom stereocenters. The van der Waals surface area contributed by atoms with Crippen LogP contribution in [0.2, 0.25) is 0 Å². The Bertz CT molecular complexity index is 818. The van der Waals surface area contributed by atoms with Gasteiger partial charge in [0.15, 0.2) is 5.37 Å².